The van der Waals surface area contributed by atoms with Gasteiger partial charge in [-0.15, -0.1) is 20.4 Å². The van der Waals surface area contributed by atoms with Crippen LogP contribution in [0.15, 0.2) is 140 Å². The summed E-state index contributed by atoms with van der Waals surface area (Å²) in [6, 6.07) is 41.6. The molecule has 4 heterocycles. The Morgan fingerprint density at radius 2 is 1.18 bits per heavy atom. The molecule has 0 amide bonds. The maximum Gasteiger partial charge on any atom is 0.273 e. The first-order valence-electron chi connectivity index (χ1n) is 16.4. The van der Waals surface area contributed by atoms with E-state index in [1.807, 2.05) is 48.5 Å². The lowest BCUT2D eigenvalue weighted by Crippen LogP contribution is -2.52. The molecule has 0 spiro atoms. The maximum atomic E-state index is 6.10. The third kappa shape index (κ3) is 6.04. The zero-order valence-electron chi connectivity index (χ0n) is 27.8. The molecule has 8 rings (SSSR count). The van der Waals surface area contributed by atoms with Crippen molar-refractivity contribution in [3.8, 4) is 29.2 Å². The Morgan fingerprint density at radius 1 is 0.580 bits per heavy atom. The van der Waals surface area contributed by atoms with E-state index in [1.54, 1.807) is 12.4 Å². The van der Waals surface area contributed by atoms with Gasteiger partial charge in [0.2, 0.25) is 11.8 Å². The molecule has 1 atom stereocenters. The first-order chi connectivity index (χ1) is 24.4. The molecule has 8 aromatic rings. The Kier molecular flexibility index (Phi) is 8.19. The van der Waals surface area contributed by atoms with Gasteiger partial charge in [0.05, 0.1) is 19.8 Å². The molecule has 0 aliphatic heterocycles. The summed E-state index contributed by atoms with van der Waals surface area (Å²) in [4.78, 5) is 8.65. The van der Waals surface area contributed by atoms with Crippen molar-refractivity contribution < 1.29 is 9.47 Å². The number of pyridine rings is 2. The standard InChI is InChI=1S/C39H33N7O2Si2/c1-49(29-12-8-10-27(22-29)47-37-14-4-6-20-40-37)30-16-18-33-34-19-17-32(25-36(34)46(35(33)24-30)39-44-42-26-43-45-39)50(2,3)31-13-9-11-28(23-31)48-38-15-5-7-21-41-38/h4-26,49H,1-3H3. The van der Waals surface area contributed by atoms with E-state index in [9.17, 15) is 0 Å². The second kappa shape index (κ2) is 13.1. The highest BCUT2D eigenvalue weighted by molar-refractivity contribution is 7.00. The SMILES string of the molecule is C[SiH](c1cccc(Oc2ccccn2)c1)c1ccc2c3ccc([Si](C)(C)c4cccc(Oc5ccccn5)c4)cc3n(-c3nncnn3)c2c1. The topological polar surface area (TPSA) is 101 Å². The van der Waals surface area contributed by atoms with Crippen LogP contribution in [0.1, 0.15) is 0 Å². The van der Waals surface area contributed by atoms with Crippen molar-refractivity contribution in [1.29, 1.82) is 0 Å². The summed E-state index contributed by atoms with van der Waals surface area (Å²) in [6.07, 6.45) is 4.83. The molecule has 50 heavy (non-hydrogen) atoms. The Balaban J connectivity index is 1.20. The van der Waals surface area contributed by atoms with Gasteiger partial charge >= 0.3 is 0 Å². The fourth-order valence-electron chi connectivity index (χ4n) is 6.41. The molecule has 0 aliphatic rings. The molecule has 0 fully saturated rings. The van der Waals surface area contributed by atoms with Crippen LogP contribution >= 0.6 is 0 Å². The highest BCUT2D eigenvalue weighted by atomic mass is 28.3. The zero-order valence-corrected chi connectivity index (χ0v) is 30.0. The molecule has 4 aromatic heterocycles. The molecule has 4 aromatic carbocycles. The second-order valence-electron chi connectivity index (χ2n) is 12.7. The Labute approximate surface area is 291 Å². The molecule has 9 nitrogen and oxygen atoms in total. The van der Waals surface area contributed by atoms with Gasteiger partial charge in [-0.2, -0.15) is 0 Å². The van der Waals surface area contributed by atoms with Crippen molar-refractivity contribution in [2.45, 2.75) is 19.6 Å². The van der Waals surface area contributed by atoms with Crippen molar-refractivity contribution >= 4 is 59.4 Å². The van der Waals surface area contributed by atoms with E-state index in [0.29, 0.717) is 17.7 Å². The molecule has 0 aliphatic carbocycles. The number of aromatic nitrogens is 7. The van der Waals surface area contributed by atoms with E-state index in [1.165, 1.54) is 27.1 Å². The van der Waals surface area contributed by atoms with Crippen molar-refractivity contribution in [1.82, 2.24) is 34.9 Å². The van der Waals surface area contributed by atoms with Gasteiger partial charge in [-0.05, 0) is 48.5 Å². The van der Waals surface area contributed by atoms with Crippen molar-refractivity contribution in [3.63, 3.8) is 0 Å². The number of rotatable bonds is 9. The first-order valence-corrected chi connectivity index (χ1v) is 21.7. The number of ether oxygens (including phenoxy) is 2. The van der Waals surface area contributed by atoms with Gasteiger partial charge in [-0.1, -0.05) is 101 Å². The number of hydrogen-bond acceptors (Lipinski definition) is 8. The van der Waals surface area contributed by atoms with E-state index >= 15 is 0 Å². The average molecular weight is 688 g/mol. The molecule has 11 heteroatoms. The predicted octanol–water partition coefficient (Wildman–Crippen LogP) is 5.53. The molecular formula is C39H33N7O2Si2. The van der Waals surface area contributed by atoms with Crippen LogP contribution in [0.3, 0.4) is 0 Å². The molecule has 0 bridgehead atoms. The minimum absolute atomic E-state index is 0.437. The highest BCUT2D eigenvalue weighted by Crippen LogP contribution is 2.31. The fraction of sp³-hybridized carbons (Fsp3) is 0.0769. The summed E-state index contributed by atoms with van der Waals surface area (Å²) in [6.45, 7) is 7.06. The number of nitrogens with zero attached hydrogens (tertiary/aromatic N) is 7. The lowest BCUT2D eigenvalue weighted by atomic mass is 10.1. The Morgan fingerprint density at radius 3 is 1.86 bits per heavy atom. The third-order valence-corrected chi connectivity index (χ3v) is 15.5. The van der Waals surface area contributed by atoms with Crippen LogP contribution in [0.2, 0.25) is 19.6 Å². The largest absolute Gasteiger partial charge is 0.439 e. The monoisotopic (exact) mass is 687 g/mol. The normalized spacial score (nSPS) is 12.2. The molecule has 0 saturated heterocycles. The van der Waals surface area contributed by atoms with E-state index < -0.39 is 16.9 Å². The first kappa shape index (κ1) is 31.2. The number of benzene rings is 4. The van der Waals surface area contributed by atoms with E-state index in [-0.39, 0.29) is 0 Å². The predicted molar refractivity (Wildman–Crippen MR) is 202 cm³/mol. The smallest absolute Gasteiger partial charge is 0.273 e. The lowest BCUT2D eigenvalue weighted by Gasteiger charge is -2.24. The van der Waals surface area contributed by atoms with Crippen LogP contribution in [0.25, 0.3) is 27.8 Å². The van der Waals surface area contributed by atoms with Crippen molar-refractivity contribution in [2.24, 2.45) is 0 Å². The van der Waals surface area contributed by atoms with E-state index in [2.05, 4.69) is 127 Å². The minimum Gasteiger partial charge on any atom is -0.439 e. The van der Waals surface area contributed by atoms with Crippen LogP contribution in [0.5, 0.6) is 23.3 Å². The average Bonchev–Trinajstić information content (AvgIpc) is 3.49. The van der Waals surface area contributed by atoms with Crippen molar-refractivity contribution in [3.05, 3.63) is 140 Å². The maximum absolute atomic E-state index is 6.10. The summed E-state index contributed by atoms with van der Waals surface area (Å²) in [5.74, 6) is 3.13. The zero-order chi connectivity index (χ0) is 34.1. The summed E-state index contributed by atoms with van der Waals surface area (Å²) in [5, 5.41) is 24.4. The highest BCUT2D eigenvalue weighted by Gasteiger charge is 2.28. The van der Waals surface area contributed by atoms with Crippen LogP contribution < -0.4 is 30.2 Å². The van der Waals surface area contributed by atoms with Crippen LogP contribution in [0.4, 0.5) is 0 Å². The van der Waals surface area contributed by atoms with Gasteiger partial charge in [-0.3, -0.25) is 4.57 Å². The third-order valence-electron chi connectivity index (χ3n) is 9.24. The number of fused-ring (bicyclic) bond motifs is 3. The summed E-state index contributed by atoms with van der Waals surface area (Å²) >= 11 is 0. The molecule has 0 saturated carbocycles. The van der Waals surface area contributed by atoms with Gasteiger partial charge in [0.15, 0.2) is 6.33 Å². The van der Waals surface area contributed by atoms with Gasteiger partial charge in [-0.25, -0.2) is 9.97 Å². The van der Waals surface area contributed by atoms with Gasteiger partial charge in [0.1, 0.15) is 19.6 Å². The Bertz CT molecular complexity index is 2440. The molecule has 0 N–H and O–H groups in total. The van der Waals surface area contributed by atoms with Gasteiger partial charge < -0.3 is 9.47 Å². The Hall–Kier alpha value is -6.05. The van der Waals surface area contributed by atoms with Crippen LogP contribution in [-0.4, -0.2) is 51.8 Å². The lowest BCUT2D eigenvalue weighted by molar-refractivity contribution is 0.463. The molecule has 0 radical (unpaired) electrons. The summed E-state index contributed by atoms with van der Waals surface area (Å²) in [5.41, 5.74) is 2.04. The number of hydrogen-bond donors (Lipinski definition) is 0. The molecule has 1 unspecified atom stereocenters. The van der Waals surface area contributed by atoms with E-state index in [0.717, 1.165) is 33.3 Å². The van der Waals surface area contributed by atoms with Crippen molar-refractivity contribution in [2.75, 3.05) is 0 Å². The quantitative estimate of drug-likeness (QED) is 0.183. The fourth-order valence-corrected chi connectivity index (χ4v) is 10.7. The second-order valence-corrected chi connectivity index (χ2v) is 19.9. The molecular weight excluding hydrogens is 655 g/mol. The summed E-state index contributed by atoms with van der Waals surface area (Å²) < 4.78 is 14.3. The summed E-state index contributed by atoms with van der Waals surface area (Å²) in [7, 11) is -3.82. The molecule has 244 valence electrons. The minimum atomic E-state index is -2.20. The van der Waals surface area contributed by atoms with Crippen LogP contribution in [-0.2, 0) is 0 Å². The van der Waals surface area contributed by atoms with Crippen LogP contribution in [0, 0.1) is 0 Å². The van der Waals surface area contributed by atoms with Gasteiger partial charge in [0.25, 0.3) is 5.95 Å². The van der Waals surface area contributed by atoms with Gasteiger partial charge in [0, 0.05) is 35.3 Å². The van der Waals surface area contributed by atoms with E-state index in [4.69, 9.17) is 9.47 Å².